The lowest BCUT2D eigenvalue weighted by Gasteiger charge is -2.31. The van der Waals surface area contributed by atoms with Crippen LogP contribution in [-0.2, 0) is 0 Å². The maximum absolute atomic E-state index is 12.6. The van der Waals surface area contributed by atoms with E-state index in [9.17, 15) is 14.9 Å². The van der Waals surface area contributed by atoms with Gasteiger partial charge < -0.3 is 9.47 Å². The molecule has 0 aliphatic carbocycles. The van der Waals surface area contributed by atoms with E-state index in [2.05, 4.69) is 11.9 Å². The van der Waals surface area contributed by atoms with E-state index in [0.717, 1.165) is 12.8 Å². The monoisotopic (exact) mass is 314 g/mol. The Balaban J connectivity index is 1.93. The number of piperidine rings is 1. The van der Waals surface area contributed by atoms with Gasteiger partial charge in [-0.25, -0.2) is 4.98 Å². The Morgan fingerprint density at radius 3 is 2.91 bits per heavy atom. The number of hydrogen-bond donors (Lipinski definition) is 0. The van der Waals surface area contributed by atoms with Crippen LogP contribution in [-0.4, -0.2) is 38.4 Å². The molecule has 1 aromatic heterocycles. The van der Waals surface area contributed by atoms with Crippen LogP contribution in [0.25, 0.3) is 5.69 Å². The van der Waals surface area contributed by atoms with Crippen molar-refractivity contribution in [3.8, 4) is 5.69 Å². The molecule has 1 aromatic carbocycles. The Kier molecular flexibility index (Phi) is 4.10. The molecule has 1 aliphatic heterocycles. The zero-order valence-electron chi connectivity index (χ0n) is 12.9. The minimum Gasteiger partial charge on any atom is -0.338 e. The van der Waals surface area contributed by atoms with E-state index in [0.29, 0.717) is 30.3 Å². The molecule has 0 spiro atoms. The maximum Gasteiger partial charge on any atom is 0.294 e. The lowest BCUT2D eigenvalue weighted by molar-refractivity contribution is -0.384. The maximum atomic E-state index is 12.6. The molecule has 2 heterocycles. The van der Waals surface area contributed by atoms with Gasteiger partial charge in [0.25, 0.3) is 11.6 Å². The summed E-state index contributed by atoms with van der Waals surface area (Å²) in [5.74, 6) is 0.324. The summed E-state index contributed by atoms with van der Waals surface area (Å²) in [6.07, 6.45) is 6.77. The summed E-state index contributed by atoms with van der Waals surface area (Å²) < 4.78 is 1.56. The average Bonchev–Trinajstić information content (AvgIpc) is 3.08. The standard InChI is InChI=1S/C16H18N4O3/c1-12-3-2-7-18(10-12)16(21)13-4-5-14(15(9-13)20(22)23)19-8-6-17-11-19/h4-6,8-9,11-12H,2-3,7,10H2,1H3. The summed E-state index contributed by atoms with van der Waals surface area (Å²) in [6, 6.07) is 4.60. The summed E-state index contributed by atoms with van der Waals surface area (Å²) in [5, 5.41) is 11.4. The molecule has 0 saturated carbocycles. The number of carbonyl (C=O) groups excluding carboxylic acids is 1. The first-order chi connectivity index (χ1) is 11.1. The van der Waals surface area contributed by atoms with Crippen LogP contribution in [0.4, 0.5) is 5.69 Å². The van der Waals surface area contributed by atoms with Crippen molar-refractivity contribution >= 4 is 11.6 Å². The molecule has 7 heteroatoms. The Morgan fingerprint density at radius 1 is 1.43 bits per heavy atom. The second-order valence-corrected chi connectivity index (χ2v) is 5.93. The van der Waals surface area contributed by atoms with Crippen molar-refractivity contribution in [1.82, 2.24) is 14.5 Å². The van der Waals surface area contributed by atoms with Gasteiger partial charge >= 0.3 is 0 Å². The summed E-state index contributed by atoms with van der Waals surface area (Å²) in [5.41, 5.74) is 0.657. The van der Waals surface area contributed by atoms with Crippen LogP contribution in [0.5, 0.6) is 0 Å². The molecule has 23 heavy (non-hydrogen) atoms. The Bertz CT molecular complexity index is 727. The highest BCUT2D eigenvalue weighted by Gasteiger charge is 2.25. The number of carbonyl (C=O) groups is 1. The molecule has 3 rings (SSSR count). The first-order valence-corrected chi connectivity index (χ1v) is 7.62. The number of rotatable bonds is 3. The number of nitro groups is 1. The van der Waals surface area contributed by atoms with Crippen LogP contribution in [0.3, 0.4) is 0 Å². The minimum atomic E-state index is -0.467. The van der Waals surface area contributed by atoms with Crippen molar-refractivity contribution in [2.45, 2.75) is 19.8 Å². The Labute approximate surface area is 133 Å². The molecule has 1 unspecified atom stereocenters. The third-order valence-corrected chi connectivity index (χ3v) is 4.15. The van der Waals surface area contributed by atoms with Crippen molar-refractivity contribution < 1.29 is 9.72 Å². The smallest absolute Gasteiger partial charge is 0.294 e. The normalized spacial score (nSPS) is 18.0. The van der Waals surface area contributed by atoms with Gasteiger partial charge in [0.15, 0.2) is 0 Å². The number of nitro benzene ring substituents is 1. The molecule has 0 N–H and O–H groups in total. The van der Waals surface area contributed by atoms with Crippen LogP contribution in [0.15, 0.2) is 36.9 Å². The first kappa shape index (κ1) is 15.2. The quantitative estimate of drug-likeness (QED) is 0.644. The van der Waals surface area contributed by atoms with Crippen molar-refractivity contribution in [3.63, 3.8) is 0 Å². The SMILES string of the molecule is CC1CCCN(C(=O)c2ccc(-n3ccnc3)c([N+](=O)[O-])c2)C1. The molecule has 0 bridgehead atoms. The van der Waals surface area contributed by atoms with Crippen LogP contribution in [0, 0.1) is 16.0 Å². The number of likely N-dealkylation sites (tertiary alicyclic amines) is 1. The zero-order chi connectivity index (χ0) is 16.4. The minimum absolute atomic E-state index is 0.0982. The van der Waals surface area contributed by atoms with Crippen LogP contribution in [0.1, 0.15) is 30.1 Å². The lowest BCUT2D eigenvalue weighted by Crippen LogP contribution is -2.39. The summed E-state index contributed by atoms with van der Waals surface area (Å²) >= 11 is 0. The Hall–Kier alpha value is -2.70. The van der Waals surface area contributed by atoms with E-state index in [1.54, 1.807) is 34.0 Å². The zero-order valence-corrected chi connectivity index (χ0v) is 12.9. The van der Waals surface area contributed by atoms with E-state index >= 15 is 0 Å². The fraction of sp³-hybridized carbons (Fsp3) is 0.375. The topological polar surface area (TPSA) is 81.3 Å². The van der Waals surface area contributed by atoms with E-state index < -0.39 is 4.92 Å². The van der Waals surface area contributed by atoms with Gasteiger partial charge in [-0.1, -0.05) is 6.92 Å². The highest BCUT2D eigenvalue weighted by molar-refractivity contribution is 5.95. The van der Waals surface area contributed by atoms with Gasteiger partial charge in [-0.15, -0.1) is 0 Å². The number of nitrogens with zero attached hydrogens (tertiary/aromatic N) is 4. The molecule has 0 radical (unpaired) electrons. The van der Waals surface area contributed by atoms with Crippen LogP contribution >= 0.6 is 0 Å². The summed E-state index contributed by atoms with van der Waals surface area (Å²) in [4.78, 5) is 29.2. The molecule has 1 saturated heterocycles. The highest BCUT2D eigenvalue weighted by Crippen LogP contribution is 2.26. The molecular weight excluding hydrogens is 296 g/mol. The van der Waals surface area contributed by atoms with Crippen molar-refractivity contribution in [2.24, 2.45) is 5.92 Å². The predicted molar refractivity (Wildman–Crippen MR) is 84.5 cm³/mol. The number of hydrogen-bond acceptors (Lipinski definition) is 4. The molecule has 1 fully saturated rings. The van der Waals surface area contributed by atoms with Crippen molar-refractivity contribution in [3.05, 3.63) is 52.6 Å². The van der Waals surface area contributed by atoms with E-state index in [4.69, 9.17) is 0 Å². The first-order valence-electron chi connectivity index (χ1n) is 7.62. The fourth-order valence-electron chi connectivity index (χ4n) is 2.98. The molecule has 120 valence electrons. The number of amides is 1. The third kappa shape index (κ3) is 3.08. The van der Waals surface area contributed by atoms with Gasteiger partial charge in [-0.05, 0) is 30.9 Å². The van der Waals surface area contributed by atoms with E-state index in [1.165, 1.54) is 12.4 Å². The number of imidazole rings is 1. The summed E-state index contributed by atoms with van der Waals surface area (Å²) in [6.45, 7) is 3.53. The second-order valence-electron chi connectivity index (χ2n) is 5.93. The van der Waals surface area contributed by atoms with Gasteiger partial charge in [0, 0.05) is 37.1 Å². The molecular formula is C16H18N4O3. The number of aromatic nitrogens is 2. The molecule has 7 nitrogen and oxygen atoms in total. The molecule has 1 aliphatic rings. The van der Waals surface area contributed by atoms with Crippen LogP contribution < -0.4 is 0 Å². The molecule has 1 amide bonds. The molecule has 1 atom stereocenters. The van der Waals surface area contributed by atoms with E-state index in [-0.39, 0.29) is 11.6 Å². The van der Waals surface area contributed by atoms with Gasteiger partial charge in [-0.3, -0.25) is 14.9 Å². The molecule has 2 aromatic rings. The third-order valence-electron chi connectivity index (χ3n) is 4.15. The second kappa shape index (κ2) is 6.20. The summed E-state index contributed by atoms with van der Waals surface area (Å²) in [7, 11) is 0. The van der Waals surface area contributed by atoms with Crippen LogP contribution in [0.2, 0.25) is 0 Å². The largest absolute Gasteiger partial charge is 0.338 e. The van der Waals surface area contributed by atoms with Gasteiger partial charge in [0.2, 0.25) is 0 Å². The lowest BCUT2D eigenvalue weighted by atomic mass is 9.99. The van der Waals surface area contributed by atoms with E-state index in [1.807, 2.05) is 0 Å². The van der Waals surface area contributed by atoms with Gasteiger partial charge in [0.05, 0.1) is 11.3 Å². The van der Waals surface area contributed by atoms with Gasteiger partial charge in [0.1, 0.15) is 5.69 Å². The van der Waals surface area contributed by atoms with Crippen molar-refractivity contribution in [1.29, 1.82) is 0 Å². The average molecular weight is 314 g/mol. The number of benzene rings is 1. The fourth-order valence-corrected chi connectivity index (χ4v) is 2.98. The Morgan fingerprint density at radius 2 is 2.26 bits per heavy atom. The highest BCUT2D eigenvalue weighted by atomic mass is 16.6. The predicted octanol–water partition coefficient (Wildman–Crippen LogP) is 2.65. The van der Waals surface area contributed by atoms with Gasteiger partial charge in [-0.2, -0.15) is 0 Å². The van der Waals surface area contributed by atoms with Crippen molar-refractivity contribution in [2.75, 3.05) is 13.1 Å².